The van der Waals surface area contributed by atoms with E-state index in [1.807, 2.05) is 30.4 Å². The lowest BCUT2D eigenvalue weighted by molar-refractivity contribution is -0.161. The van der Waals surface area contributed by atoms with Gasteiger partial charge in [-0.15, -0.1) is 0 Å². The quantitative estimate of drug-likeness (QED) is 0.0178. The summed E-state index contributed by atoms with van der Waals surface area (Å²) in [5.41, 5.74) is 0. The Labute approximate surface area is 359 Å². The third-order valence-corrected chi connectivity index (χ3v) is 10.7. The summed E-state index contributed by atoms with van der Waals surface area (Å²) in [5.74, 6) is -0.953. The topological polar surface area (TPSA) is 149 Å². The average Bonchev–Trinajstić information content (AvgIpc) is 3.22. The van der Waals surface area contributed by atoms with Gasteiger partial charge in [0.05, 0.1) is 19.8 Å². The molecule has 0 aromatic rings. The van der Waals surface area contributed by atoms with Crippen molar-refractivity contribution >= 4 is 19.8 Å². The molecule has 0 spiro atoms. The summed E-state index contributed by atoms with van der Waals surface area (Å²) >= 11 is 0. The van der Waals surface area contributed by atoms with Gasteiger partial charge in [-0.3, -0.25) is 18.6 Å². The first-order valence-electron chi connectivity index (χ1n) is 23.3. The van der Waals surface area contributed by atoms with Crippen LogP contribution in [-0.4, -0.2) is 65.7 Å². The molecule has 0 aliphatic carbocycles. The summed E-state index contributed by atoms with van der Waals surface area (Å²) in [4.78, 5) is 35.1. The number of ether oxygens (including phenoxy) is 2. The normalized spacial score (nSPS) is 14.3. The van der Waals surface area contributed by atoms with Crippen molar-refractivity contribution in [2.75, 3.05) is 26.4 Å². The molecule has 0 aromatic heterocycles. The molecule has 342 valence electrons. The Morgan fingerprint density at radius 1 is 0.525 bits per heavy atom. The molecule has 3 atom stereocenters. The van der Waals surface area contributed by atoms with Crippen LogP contribution in [0.3, 0.4) is 0 Å². The molecule has 0 fully saturated rings. The molecule has 0 bridgehead atoms. The average molecular weight is 853 g/mol. The Hall–Kier alpha value is -2.33. The van der Waals surface area contributed by atoms with Gasteiger partial charge in [0.1, 0.15) is 12.7 Å². The summed E-state index contributed by atoms with van der Waals surface area (Å²) in [5, 5.41) is 18.4. The maximum atomic E-state index is 12.6. The molecule has 1 unspecified atom stereocenters. The van der Waals surface area contributed by atoms with E-state index in [1.54, 1.807) is 0 Å². The Balaban J connectivity index is 4.25. The van der Waals surface area contributed by atoms with Crippen LogP contribution in [0.4, 0.5) is 0 Å². The van der Waals surface area contributed by atoms with Crippen LogP contribution >= 0.6 is 7.82 Å². The number of carbonyl (C=O) groups excluding carboxylic acids is 2. The number of unbranched alkanes of at least 4 members (excludes halogenated alkanes) is 22. The van der Waals surface area contributed by atoms with Crippen molar-refractivity contribution in [1.82, 2.24) is 0 Å². The SMILES string of the molecule is CC/C=C/C=C/C=C/C=C/CCCCCCCC(=O)OC[C@H](COP(=O)(O)OC[C@@H](O)CO)OC(=O)CCCCCCCCCCCCC/C=C/CCCCCCCC. The number of carbonyl (C=O) groups is 2. The van der Waals surface area contributed by atoms with E-state index in [0.717, 1.165) is 57.8 Å². The molecule has 0 radical (unpaired) electrons. The minimum atomic E-state index is -4.63. The minimum Gasteiger partial charge on any atom is -0.462 e. The molecule has 0 aliphatic heterocycles. The first-order valence-corrected chi connectivity index (χ1v) is 24.8. The van der Waals surface area contributed by atoms with Gasteiger partial charge in [0.15, 0.2) is 6.10 Å². The van der Waals surface area contributed by atoms with Crippen LogP contribution in [0.1, 0.15) is 194 Å². The van der Waals surface area contributed by atoms with E-state index in [4.69, 9.17) is 23.6 Å². The van der Waals surface area contributed by atoms with Crippen LogP contribution in [-0.2, 0) is 32.7 Å². The van der Waals surface area contributed by atoms with E-state index < -0.39 is 51.8 Å². The lowest BCUT2D eigenvalue weighted by Crippen LogP contribution is -2.29. The summed E-state index contributed by atoms with van der Waals surface area (Å²) in [6.45, 7) is 2.22. The Morgan fingerprint density at radius 2 is 0.949 bits per heavy atom. The fourth-order valence-electron chi connectivity index (χ4n) is 6.18. The van der Waals surface area contributed by atoms with Crippen molar-refractivity contribution in [1.29, 1.82) is 0 Å². The third kappa shape index (κ3) is 43.6. The highest BCUT2D eigenvalue weighted by Crippen LogP contribution is 2.43. The lowest BCUT2D eigenvalue weighted by atomic mass is 10.0. The fourth-order valence-corrected chi connectivity index (χ4v) is 6.96. The van der Waals surface area contributed by atoms with Gasteiger partial charge in [-0.25, -0.2) is 4.57 Å². The van der Waals surface area contributed by atoms with E-state index in [2.05, 4.69) is 44.2 Å². The maximum absolute atomic E-state index is 12.6. The van der Waals surface area contributed by atoms with Gasteiger partial charge < -0.3 is 24.6 Å². The van der Waals surface area contributed by atoms with E-state index >= 15 is 0 Å². The minimum absolute atomic E-state index is 0.176. The largest absolute Gasteiger partial charge is 0.472 e. The molecule has 0 aromatic carbocycles. The maximum Gasteiger partial charge on any atom is 0.472 e. The predicted molar refractivity (Wildman–Crippen MR) is 242 cm³/mol. The second-order valence-electron chi connectivity index (χ2n) is 15.5. The number of allylic oxidation sites excluding steroid dienone is 10. The first kappa shape index (κ1) is 56.7. The first-order chi connectivity index (χ1) is 28.7. The number of phosphoric ester groups is 1. The third-order valence-electron chi connectivity index (χ3n) is 9.75. The molecule has 10 nitrogen and oxygen atoms in total. The molecule has 0 amide bonds. The predicted octanol–water partition coefficient (Wildman–Crippen LogP) is 12.7. The number of hydrogen-bond acceptors (Lipinski definition) is 9. The summed E-state index contributed by atoms with van der Waals surface area (Å²) < 4.78 is 32.8. The van der Waals surface area contributed by atoms with Gasteiger partial charge in [-0.1, -0.05) is 184 Å². The van der Waals surface area contributed by atoms with Crippen LogP contribution in [0.25, 0.3) is 0 Å². The number of hydrogen-bond donors (Lipinski definition) is 3. The van der Waals surface area contributed by atoms with E-state index in [0.29, 0.717) is 12.8 Å². The highest BCUT2D eigenvalue weighted by atomic mass is 31.2. The van der Waals surface area contributed by atoms with E-state index in [-0.39, 0.29) is 19.4 Å². The van der Waals surface area contributed by atoms with Gasteiger partial charge in [0.25, 0.3) is 0 Å². The zero-order chi connectivity index (χ0) is 43.3. The van der Waals surface area contributed by atoms with Crippen molar-refractivity contribution in [3.05, 3.63) is 60.8 Å². The van der Waals surface area contributed by atoms with Gasteiger partial charge >= 0.3 is 19.8 Å². The van der Waals surface area contributed by atoms with Crippen LogP contribution in [0.2, 0.25) is 0 Å². The highest BCUT2D eigenvalue weighted by molar-refractivity contribution is 7.47. The molecule has 0 rings (SSSR count). The summed E-state index contributed by atoms with van der Waals surface area (Å²) in [6, 6.07) is 0. The van der Waals surface area contributed by atoms with Crippen LogP contribution in [0.15, 0.2) is 60.8 Å². The lowest BCUT2D eigenvalue weighted by Gasteiger charge is -2.20. The number of phosphoric acid groups is 1. The summed E-state index contributed by atoms with van der Waals surface area (Å²) in [7, 11) is -4.63. The van der Waals surface area contributed by atoms with Gasteiger partial charge in [-0.2, -0.15) is 0 Å². The second kappa shape index (κ2) is 43.7. The second-order valence-corrected chi connectivity index (χ2v) is 16.9. The molecular weight excluding hydrogens is 767 g/mol. The number of aliphatic hydroxyl groups is 2. The molecule has 0 heterocycles. The zero-order valence-electron chi connectivity index (χ0n) is 37.2. The van der Waals surface area contributed by atoms with E-state index in [9.17, 15) is 24.2 Å². The Morgan fingerprint density at radius 3 is 1.46 bits per heavy atom. The van der Waals surface area contributed by atoms with E-state index in [1.165, 1.54) is 96.3 Å². The van der Waals surface area contributed by atoms with Gasteiger partial charge in [0, 0.05) is 12.8 Å². The molecule has 0 aliphatic rings. The van der Waals surface area contributed by atoms with Gasteiger partial charge in [-0.05, 0) is 57.8 Å². The van der Waals surface area contributed by atoms with Crippen molar-refractivity contribution in [2.45, 2.75) is 206 Å². The fraction of sp³-hybridized carbons (Fsp3) is 0.750. The standard InChI is InChI=1S/C48H85O10P/c1-3-5-7-9-11-13-15-17-19-20-21-22-23-24-26-28-30-32-34-36-38-40-48(52)58-46(44-57-59(53,54)56-42-45(50)41-49)43-55-47(51)39-37-35-33-31-29-27-25-18-16-14-12-10-8-6-4-2/h6,8,10,12,14,16-19,25,45-46,49-50H,3-5,7,9,11,13,15,20-24,26-44H2,1-2H3,(H,53,54)/b8-6+,12-10+,16-14+,19-17+,25-18+/t45-,46+/m0/s1. The number of esters is 2. The molecular formula is C48H85O10P. The van der Waals surface area contributed by atoms with Crippen LogP contribution in [0.5, 0.6) is 0 Å². The number of rotatable bonds is 43. The monoisotopic (exact) mass is 853 g/mol. The van der Waals surface area contributed by atoms with Crippen molar-refractivity contribution in [2.24, 2.45) is 0 Å². The number of aliphatic hydroxyl groups excluding tert-OH is 2. The Bertz CT molecular complexity index is 1160. The molecule has 59 heavy (non-hydrogen) atoms. The molecule has 0 saturated carbocycles. The van der Waals surface area contributed by atoms with Crippen molar-refractivity contribution in [3.8, 4) is 0 Å². The smallest absolute Gasteiger partial charge is 0.462 e. The molecule has 3 N–H and O–H groups in total. The van der Waals surface area contributed by atoms with Crippen LogP contribution in [0, 0.1) is 0 Å². The Kier molecular flexibility index (Phi) is 42.0. The summed E-state index contributed by atoms with van der Waals surface area (Å²) in [6.07, 6.45) is 49.0. The highest BCUT2D eigenvalue weighted by Gasteiger charge is 2.27. The molecule has 11 heteroatoms. The van der Waals surface area contributed by atoms with Crippen LogP contribution < -0.4 is 0 Å². The van der Waals surface area contributed by atoms with Gasteiger partial charge in [0.2, 0.25) is 0 Å². The van der Waals surface area contributed by atoms with Crippen molar-refractivity contribution in [3.63, 3.8) is 0 Å². The zero-order valence-corrected chi connectivity index (χ0v) is 38.1. The molecule has 0 saturated heterocycles. The van der Waals surface area contributed by atoms with Crippen molar-refractivity contribution < 1.29 is 47.8 Å².